The van der Waals surface area contributed by atoms with Crippen LogP contribution < -0.4 is 0 Å². The first kappa shape index (κ1) is 19.5. The first-order chi connectivity index (χ1) is 13.5. The van der Waals surface area contributed by atoms with Crippen molar-refractivity contribution in [3.8, 4) is 22.5 Å². The van der Waals surface area contributed by atoms with Crippen LogP contribution in [0.1, 0.15) is 5.82 Å². The molecule has 0 saturated carbocycles. The number of aromatic nitrogens is 2. The van der Waals surface area contributed by atoms with E-state index in [1.165, 1.54) is 9.79 Å². The van der Waals surface area contributed by atoms with Crippen LogP contribution in [0, 0.1) is 0 Å². The van der Waals surface area contributed by atoms with Gasteiger partial charge >= 0.3 is 0 Å². The number of imidazole rings is 1. The molecule has 3 aromatic rings. The van der Waals surface area contributed by atoms with E-state index in [1.54, 1.807) is 11.8 Å². The Morgan fingerprint density at radius 3 is 2.32 bits per heavy atom. The van der Waals surface area contributed by atoms with Gasteiger partial charge < -0.3 is 14.4 Å². The normalized spacial score (nSPS) is 12.9. The molecule has 0 aliphatic carbocycles. The zero-order valence-electron chi connectivity index (χ0n) is 16.6. The Hall–Kier alpha value is -1.86. The molecule has 6 heteroatoms. The highest BCUT2D eigenvalue weighted by molar-refractivity contribution is 7.99. The molecule has 0 saturated heterocycles. The van der Waals surface area contributed by atoms with E-state index < -0.39 is 8.07 Å². The van der Waals surface area contributed by atoms with Crippen LogP contribution in [0.15, 0.2) is 58.3 Å². The molecule has 2 heterocycles. The second kappa shape index (κ2) is 7.87. The fourth-order valence-electron chi connectivity index (χ4n) is 3.37. The lowest BCUT2D eigenvalue weighted by Gasteiger charge is -2.17. The SMILES string of the molecule is C[Si](C)(C)CCOCn1c(CO)nc2c1-c1ccccc1Sc1ccccc1-2. The molecule has 28 heavy (non-hydrogen) atoms. The predicted octanol–water partition coefficient (Wildman–Crippen LogP) is 5.49. The van der Waals surface area contributed by atoms with Crippen molar-refractivity contribution in [1.82, 2.24) is 9.55 Å². The second-order valence-corrected chi connectivity index (χ2v) is 15.0. The van der Waals surface area contributed by atoms with Gasteiger partial charge in [0.2, 0.25) is 0 Å². The van der Waals surface area contributed by atoms with Crippen molar-refractivity contribution in [2.24, 2.45) is 0 Å². The summed E-state index contributed by atoms with van der Waals surface area (Å²) in [6.07, 6.45) is 0. The maximum absolute atomic E-state index is 9.98. The summed E-state index contributed by atoms with van der Waals surface area (Å²) in [5.41, 5.74) is 4.20. The highest BCUT2D eigenvalue weighted by Gasteiger charge is 2.26. The van der Waals surface area contributed by atoms with Crippen molar-refractivity contribution in [3.05, 3.63) is 54.4 Å². The second-order valence-electron chi connectivity index (χ2n) is 8.25. The summed E-state index contributed by atoms with van der Waals surface area (Å²) < 4.78 is 8.09. The van der Waals surface area contributed by atoms with Crippen molar-refractivity contribution in [2.75, 3.05) is 6.61 Å². The van der Waals surface area contributed by atoms with Gasteiger partial charge in [-0.2, -0.15) is 0 Å². The molecule has 0 fully saturated rings. The number of ether oxygens (including phenoxy) is 1. The maximum atomic E-state index is 9.98. The Labute approximate surface area is 171 Å². The van der Waals surface area contributed by atoms with Crippen LogP contribution in [0.5, 0.6) is 0 Å². The number of fused-ring (bicyclic) bond motifs is 5. The fourth-order valence-corrected chi connectivity index (χ4v) is 5.21. The zero-order valence-corrected chi connectivity index (χ0v) is 18.4. The van der Waals surface area contributed by atoms with Crippen LogP contribution in [0.3, 0.4) is 0 Å². The van der Waals surface area contributed by atoms with Gasteiger partial charge in [0, 0.05) is 35.6 Å². The Morgan fingerprint density at radius 2 is 1.64 bits per heavy atom. The summed E-state index contributed by atoms with van der Waals surface area (Å²) in [6.45, 7) is 8.09. The summed E-state index contributed by atoms with van der Waals surface area (Å²) in [4.78, 5) is 7.20. The quantitative estimate of drug-likeness (QED) is 0.337. The number of nitrogens with zero attached hydrogens (tertiary/aromatic N) is 2. The molecular weight excluding hydrogens is 384 g/mol. The molecule has 0 bridgehead atoms. The van der Waals surface area contributed by atoms with Crippen molar-refractivity contribution in [2.45, 2.75) is 48.8 Å². The molecule has 4 nitrogen and oxygen atoms in total. The topological polar surface area (TPSA) is 47.3 Å². The minimum atomic E-state index is -1.15. The van der Waals surface area contributed by atoms with Gasteiger partial charge in [0.1, 0.15) is 19.2 Å². The van der Waals surface area contributed by atoms with Crippen LogP contribution in [-0.2, 0) is 18.1 Å². The number of aliphatic hydroxyl groups is 1. The summed E-state index contributed by atoms with van der Waals surface area (Å²) in [5.74, 6) is 0.648. The lowest BCUT2D eigenvalue weighted by atomic mass is 10.0. The summed E-state index contributed by atoms with van der Waals surface area (Å²) in [5, 5.41) is 9.98. The van der Waals surface area contributed by atoms with E-state index in [4.69, 9.17) is 9.72 Å². The predicted molar refractivity (Wildman–Crippen MR) is 117 cm³/mol. The molecule has 0 atom stereocenters. The van der Waals surface area contributed by atoms with Crippen molar-refractivity contribution in [3.63, 3.8) is 0 Å². The number of aliphatic hydroxyl groups excluding tert-OH is 1. The molecule has 1 aromatic heterocycles. The Bertz CT molecular complexity index is 994. The zero-order chi connectivity index (χ0) is 19.7. The summed E-state index contributed by atoms with van der Waals surface area (Å²) in [6, 6.07) is 17.9. The van der Waals surface area contributed by atoms with Gasteiger partial charge in [0.25, 0.3) is 0 Å². The molecule has 1 aliphatic rings. The maximum Gasteiger partial charge on any atom is 0.137 e. The monoisotopic (exact) mass is 410 g/mol. The minimum Gasteiger partial charge on any atom is -0.388 e. The molecule has 146 valence electrons. The van der Waals surface area contributed by atoms with Crippen LogP contribution in [0.25, 0.3) is 22.5 Å². The van der Waals surface area contributed by atoms with E-state index in [9.17, 15) is 5.11 Å². The van der Waals surface area contributed by atoms with Gasteiger partial charge in [-0.15, -0.1) is 0 Å². The average Bonchev–Trinajstić information content (AvgIpc) is 2.97. The first-order valence-electron chi connectivity index (χ1n) is 9.62. The molecule has 2 aromatic carbocycles. The van der Waals surface area contributed by atoms with Gasteiger partial charge in [-0.3, -0.25) is 0 Å². The van der Waals surface area contributed by atoms with E-state index >= 15 is 0 Å². The van der Waals surface area contributed by atoms with Crippen LogP contribution in [0.4, 0.5) is 0 Å². The Kier molecular flexibility index (Phi) is 5.47. The van der Waals surface area contributed by atoms with E-state index in [2.05, 4.69) is 62.1 Å². The summed E-state index contributed by atoms with van der Waals surface area (Å²) in [7, 11) is -1.15. The molecule has 0 amide bonds. The van der Waals surface area contributed by atoms with Crippen LogP contribution in [0.2, 0.25) is 25.7 Å². The molecular formula is C22H26N2O2SSi. The van der Waals surface area contributed by atoms with Gasteiger partial charge in [-0.05, 0) is 18.2 Å². The van der Waals surface area contributed by atoms with E-state index in [0.717, 1.165) is 35.2 Å². The number of rotatable bonds is 6. The van der Waals surface area contributed by atoms with Gasteiger partial charge in [-0.25, -0.2) is 4.98 Å². The van der Waals surface area contributed by atoms with Gasteiger partial charge in [0.05, 0.1) is 11.4 Å². The van der Waals surface area contributed by atoms with Crippen LogP contribution in [-0.4, -0.2) is 29.3 Å². The summed E-state index contributed by atoms with van der Waals surface area (Å²) >= 11 is 1.77. The highest BCUT2D eigenvalue weighted by atomic mass is 32.2. The Balaban J connectivity index is 1.80. The smallest absolute Gasteiger partial charge is 0.137 e. The minimum absolute atomic E-state index is 0.109. The molecule has 0 unspecified atom stereocenters. The number of hydrogen-bond acceptors (Lipinski definition) is 4. The molecule has 0 radical (unpaired) electrons. The van der Waals surface area contributed by atoms with Gasteiger partial charge in [-0.1, -0.05) is 67.8 Å². The first-order valence-corrected chi connectivity index (χ1v) is 14.1. The average molecular weight is 411 g/mol. The van der Waals surface area contributed by atoms with E-state index in [0.29, 0.717) is 12.6 Å². The number of benzene rings is 2. The third kappa shape index (κ3) is 3.82. The lowest BCUT2D eigenvalue weighted by Crippen LogP contribution is -2.22. The standard InChI is InChI=1S/C22H26N2O2SSi/c1-28(2,3)13-12-26-15-24-20(14-25)23-21-16-8-4-6-10-18(16)27-19-11-7-5-9-17(19)22(21)24/h4-11,25H,12-15H2,1-3H3. The Morgan fingerprint density at radius 1 is 1.00 bits per heavy atom. The third-order valence-corrected chi connectivity index (χ3v) is 7.77. The largest absolute Gasteiger partial charge is 0.388 e. The molecule has 1 N–H and O–H groups in total. The third-order valence-electron chi connectivity index (χ3n) is 4.91. The molecule has 0 spiro atoms. The molecule has 1 aliphatic heterocycles. The van der Waals surface area contributed by atoms with Crippen molar-refractivity contribution in [1.29, 1.82) is 0 Å². The van der Waals surface area contributed by atoms with Crippen LogP contribution >= 0.6 is 11.8 Å². The van der Waals surface area contributed by atoms with Crippen molar-refractivity contribution >= 4 is 19.8 Å². The fraction of sp³-hybridized carbons (Fsp3) is 0.318. The lowest BCUT2D eigenvalue weighted by molar-refractivity contribution is 0.0828. The van der Waals surface area contributed by atoms with E-state index in [1.807, 2.05) is 10.6 Å². The van der Waals surface area contributed by atoms with E-state index in [-0.39, 0.29) is 6.61 Å². The van der Waals surface area contributed by atoms with Crippen molar-refractivity contribution < 1.29 is 9.84 Å². The molecule has 4 rings (SSSR count). The highest BCUT2D eigenvalue weighted by Crippen LogP contribution is 2.47. The number of hydrogen-bond donors (Lipinski definition) is 1. The van der Waals surface area contributed by atoms with Gasteiger partial charge in [0.15, 0.2) is 0 Å².